The van der Waals surface area contributed by atoms with Gasteiger partial charge in [-0.2, -0.15) is 5.10 Å². The van der Waals surface area contributed by atoms with E-state index < -0.39 is 11.9 Å². The molecule has 1 aromatic carbocycles. The molecular weight excluding hydrogens is 297 g/mol. The van der Waals surface area contributed by atoms with Gasteiger partial charge in [-0.25, -0.2) is 9.07 Å². The number of hydrogen-bond donors (Lipinski definition) is 2. The van der Waals surface area contributed by atoms with Crippen molar-refractivity contribution in [3.05, 3.63) is 47.5 Å². The minimum absolute atomic E-state index is 0.229. The van der Waals surface area contributed by atoms with Crippen molar-refractivity contribution in [2.24, 2.45) is 0 Å². The van der Waals surface area contributed by atoms with Crippen LogP contribution in [0, 0.1) is 12.7 Å². The summed E-state index contributed by atoms with van der Waals surface area (Å²) < 4.78 is 15.3. The van der Waals surface area contributed by atoms with Gasteiger partial charge in [0.15, 0.2) is 0 Å². The topological polar surface area (TPSA) is 67.2 Å². The number of carbonyl (C=O) groups is 1. The molecule has 2 aromatic rings. The number of nitrogens with one attached hydrogen (secondary N) is 1. The van der Waals surface area contributed by atoms with Gasteiger partial charge in [-0.15, -0.1) is 0 Å². The fourth-order valence-corrected chi connectivity index (χ4v) is 3.02. The second-order valence-corrected chi connectivity index (χ2v) is 5.94. The van der Waals surface area contributed by atoms with E-state index in [9.17, 15) is 14.3 Å². The number of nitrogens with zero attached hydrogens (tertiary/aromatic N) is 2. The molecule has 6 heteroatoms. The maximum Gasteiger partial charge on any atom is 0.255 e. The Hall–Kier alpha value is -2.21. The first-order valence-corrected chi connectivity index (χ1v) is 7.86. The van der Waals surface area contributed by atoms with Crippen LogP contribution in [0.1, 0.15) is 41.7 Å². The highest BCUT2D eigenvalue weighted by molar-refractivity contribution is 5.95. The van der Waals surface area contributed by atoms with Crippen LogP contribution in [-0.2, 0) is 0 Å². The van der Waals surface area contributed by atoms with E-state index in [4.69, 9.17) is 0 Å². The lowest BCUT2D eigenvalue weighted by Gasteiger charge is -2.28. The maximum atomic E-state index is 13.9. The average Bonchev–Trinajstić information content (AvgIpc) is 2.92. The fraction of sp³-hybridized carbons (Fsp3) is 0.412. The molecule has 1 heterocycles. The maximum absolute atomic E-state index is 13.9. The van der Waals surface area contributed by atoms with E-state index in [-0.39, 0.29) is 11.9 Å². The summed E-state index contributed by atoms with van der Waals surface area (Å²) >= 11 is 0. The van der Waals surface area contributed by atoms with Crippen molar-refractivity contribution in [3.63, 3.8) is 0 Å². The van der Waals surface area contributed by atoms with Gasteiger partial charge >= 0.3 is 0 Å². The summed E-state index contributed by atoms with van der Waals surface area (Å²) in [7, 11) is 0. The first kappa shape index (κ1) is 15.7. The number of hydrogen-bond acceptors (Lipinski definition) is 3. The normalized spacial score (nSPS) is 21.2. The third-order valence-corrected chi connectivity index (χ3v) is 4.38. The lowest BCUT2D eigenvalue weighted by atomic mass is 9.92. The number of aliphatic hydroxyl groups is 1. The lowest BCUT2D eigenvalue weighted by molar-refractivity contribution is 0.0717. The zero-order valence-electron chi connectivity index (χ0n) is 13.0. The molecule has 0 spiro atoms. The van der Waals surface area contributed by atoms with Gasteiger partial charge in [-0.1, -0.05) is 25.0 Å². The number of benzene rings is 1. The van der Waals surface area contributed by atoms with Crippen LogP contribution in [0.4, 0.5) is 4.39 Å². The molecule has 122 valence electrons. The Kier molecular flexibility index (Phi) is 4.43. The third-order valence-electron chi connectivity index (χ3n) is 4.38. The number of aromatic nitrogens is 2. The lowest BCUT2D eigenvalue weighted by Crippen LogP contribution is -2.45. The van der Waals surface area contributed by atoms with Crippen LogP contribution in [0.3, 0.4) is 0 Å². The molecule has 1 fully saturated rings. The quantitative estimate of drug-likeness (QED) is 0.913. The summed E-state index contributed by atoms with van der Waals surface area (Å²) in [6, 6.07) is 6.07. The first-order valence-electron chi connectivity index (χ1n) is 7.86. The van der Waals surface area contributed by atoms with E-state index in [1.165, 1.54) is 16.9 Å². The Balaban J connectivity index is 1.81. The highest BCUT2D eigenvalue weighted by Crippen LogP contribution is 2.20. The van der Waals surface area contributed by atoms with Crippen molar-refractivity contribution < 1.29 is 14.3 Å². The van der Waals surface area contributed by atoms with Crippen molar-refractivity contribution in [1.29, 1.82) is 0 Å². The van der Waals surface area contributed by atoms with Crippen molar-refractivity contribution in [3.8, 4) is 5.69 Å². The zero-order valence-corrected chi connectivity index (χ0v) is 13.0. The standard InChI is InChI=1S/C17H20FN3O2/c1-11-12(17(23)20-14-7-3-5-9-16(14)22)10-19-21(11)15-8-4-2-6-13(15)18/h2,4,6,8,10,14,16,22H,3,5,7,9H2,1H3,(H,20,23). The zero-order chi connectivity index (χ0) is 16.4. The minimum Gasteiger partial charge on any atom is -0.391 e. The Morgan fingerprint density at radius 2 is 2.09 bits per heavy atom. The molecule has 2 unspecified atom stereocenters. The number of para-hydroxylation sites is 1. The second-order valence-electron chi connectivity index (χ2n) is 5.94. The van der Waals surface area contributed by atoms with Gasteiger partial charge in [0.05, 0.1) is 29.6 Å². The minimum atomic E-state index is -0.505. The number of aliphatic hydroxyl groups excluding tert-OH is 1. The second kappa shape index (κ2) is 6.50. The van der Waals surface area contributed by atoms with Crippen LogP contribution in [0.25, 0.3) is 5.69 Å². The van der Waals surface area contributed by atoms with E-state index in [0.717, 1.165) is 19.3 Å². The largest absolute Gasteiger partial charge is 0.391 e. The van der Waals surface area contributed by atoms with Gasteiger partial charge in [0, 0.05) is 0 Å². The molecule has 2 N–H and O–H groups in total. The van der Waals surface area contributed by atoms with Gasteiger partial charge in [0.2, 0.25) is 0 Å². The smallest absolute Gasteiger partial charge is 0.255 e. The van der Waals surface area contributed by atoms with E-state index in [0.29, 0.717) is 23.4 Å². The summed E-state index contributed by atoms with van der Waals surface area (Å²) in [6.45, 7) is 1.73. The SMILES string of the molecule is Cc1c(C(=O)NC2CCCCC2O)cnn1-c1ccccc1F. The number of carbonyl (C=O) groups excluding carboxylic acids is 1. The Bertz CT molecular complexity index is 714. The molecule has 5 nitrogen and oxygen atoms in total. The van der Waals surface area contributed by atoms with Gasteiger partial charge in [-0.05, 0) is 31.9 Å². The number of rotatable bonds is 3. The molecule has 0 saturated heterocycles. The molecule has 23 heavy (non-hydrogen) atoms. The molecule has 1 aliphatic carbocycles. The van der Waals surface area contributed by atoms with E-state index in [2.05, 4.69) is 10.4 Å². The predicted molar refractivity (Wildman–Crippen MR) is 84.0 cm³/mol. The van der Waals surface area contributed by atoms with Gasteiger partial charge in [0.1, 0.15) is 11.5 Å². The monoisotopic (exact) mass is 317 g/mol. The molecule has 1 saturated carbocycles. The Labute approximate surface area is 134 Å². The van der Waals surface area contributed by atoms with Crippen LogP contribution in [0.15, 0.2) is 30.5 Å². The highest BCUT2D eigenvalue weighted by Gasteiger charge is 2.26. The van der Waals surface area contributed by atoms with Crippen LogP contribution in [-0.4, -0.2) is 32.9 Å². The summed E-state index contributed by atoms with van der Waals surface area (Å²) in [4.78, 5) is 12.4. The fourth-order valence-electron chi connectivity index (χ4n) is 3.02. The third kappa shape index (κ3) is 3.12. The first-order chi connectivity index (χ1) is 11.1. The van der Waals surface area contributed by atoms with Crippen LogP contribution >= 0.6 is 0 Å². The molecule has 2 atom stereocenters. The molecule has 1 aromatic heterocycles. The van der Waals surface area contributed by atoms with Crippen molar-refractivity contribution in [2.45, 2.75) is 44.8 Å². The number of amides is 1. The summed E-state index contributed by atoms with van der Waals surface area (Å²) in [6.07, 6.45) is 4.39. The predicted octanol–water partition coefficient (Wildman–Crippen LogP) is 2.35. The van der Waals surface area contributed by atoms with Crippen LogP contribution in [0.2, 0.25) is 0 Å². The molecular formula is C17H20FN3O2. The van der Waals surface area contributed by atoms with E-state index in [1.54, 1.807) is 25.1 Å². The van der Waals surface area contributed by atoms with Crippen LogP contribution < -0.4 is 5.32 Å². The summed E-state index contributed by atoms with van der Waals surface area (Å²) in [5, 5.41) is 17.0. The highest BCUT2D eigenvalue weighted by atomic mass is 19.1. The molecule has 0 bridgehead atoms. The van der Waals surface area contributed by atoms with Crippen LogP contribution in [0.5, 0.6) is 0 Å². The van der Waals surface area contributed by atoms with E-state index >= 15 is 0 Å². The van der Waals surface area contributed by atoms with Gasteiger partial charge in [-0.3, -0.25) is 4.79 Å². The van der Waals surface area contributed by atoms with E-state index in [1.807, 2.05) is 0 Å². The van der Waals surface area contributed by atoms with Crippen molar-refractivity contribution in [2.75, 3.05) is 0 Å². The molecule has 0 radical (unpaired) electrons. The van der Waals surface area contributed by atoms with Crippen molar-refractivity contribution >= 4 is 5.91 Å². The molecule has 0 aliphatic heterocycles. The Morgan fingerprint density at radius 1 is 1.35 bits per heavy atom. The number of halogens is 1. The average molecular weight is 317 g/mol. The van der Waals surface area contributed by atoms with Gasteiger partial charge < -0.3 is 10.4 Å². The molecule has 1 amide bonds. The van der Waals surface area contributed by atoms with Gasteiger partial charge in [0.25, 0.3) is 5.91 Å². The molecule has 3 rings (SSSR count). The molecule has 1 aliphatic rings. The summed E-state index contributed by atoms with van der Waals surface area (Å²) in [5.74, 6) is -0.676. The Morgan fingerprint density at radius 3 is 2.83 bits per heavy atom. The van der Waals surface area contributed by atoms with Crippen molar-refractivity contribution in [1.82, 2.24) is 15.1 Å². The summed E-state index contributed by atoms with van der Waals surface area (Å²) in [5.41, 5.74) is 1.27.